The van der Waals surface area contributed by atoms with Gasteiger partial charge in [-0.25, -0.2) is 9.97 Å². The molecule has 0 N–H and O–H groups in total. The molecule has 9 heteroatoms. The number of halogens is 1. The molecular formula is C11H17ClN4O4. The Hall–Kier alpha value is -1.51. The predicted molar refractivity (Wildman–Crippen MR) is 74.3 cm³/mol. The van der Waals surface area contributed by atoms with Gasteiger partial charge in [-0.1, -0.05) is 11.6 Å². The van der Waals surface area contributed by atoms with Gasteiger partial charge in [0.05, 0.1) is 24.2 Å². The molecule has 1 aromatic rings. The van der Waals surface area contributed by atoms with Crippen LogP contribution in [0.15, 0.2) is 6.33 Å². The van der Waals surface area contributed by atoms with Crippen molar-refractivity contribution >= 4 is 23.1 Å². The summed E-state index contributed by atoms with van der Waals surface area (Å²) in [5.74, 6) is 0.164. The Kier molecular flexibility index (Phi) is 6.56. The van der Waals surface area contributed by atoms with E-state index in [1.165, 1.54) is 6.33 Å². The van der Waals surface area contributed by atoms with Crippen molar-refractivity contribution in [2.45, 2.75) is 13.0 Å². The molecule has 0 bridgehead atoms. The standard InChI is InChI=1S/C11H17ClN4O4/c1-8(6-20-3)15(4-5-19-2)11-9(16(17)18)10(12)13-7-14-11/h7-8H,4-6H2,1-3H3. The minimum absolute atomic E-state index is 0.125. The summed E-state index contributed by atoms with van der Waals surface area (Å²) in [6.07, 6.45) is 1.20. The zero-order valence-electron chi connectivity index (χ0n) is 11.6. The molecule has 1 rings (SSSR count). The van der Waals surface area contributed by atoms with Crippen LogP contribution in [0.1, 0.15) is 6.92 Å². The van der Waals surface area contributed by atoms with Crippen LogP contribution in [0.3, 0.4) is 0 Å². The lowest BCUT2D eigenvalue weighted by Crippen LogP contribution is -2.39. The van der Waals surface area contributed by atoms with Crippen LogP contribution in [-0.2, 0) is 9.47 Å². The highest BCUT2D eigenvalue weighted by Gasteiger charge is 2.28. The van der Waals surface area contributed by atoms with Gasteiger partial charge in [0.15, 0.2) is 0 Å². The van der Waals surface area contributed by atoms with Gasteiger partial charge >= 0.3 is 5.69 Å². The number of nitro groups is 1. The van der Waals surface area contributed by atoms with Crippen LogP contribution in [-0.4, -0.2) is 54.9 Å². The molecule has 8 nitrogen and oxygen atoms in total. The predicted octanol–water partition coefficient (Wildman–Crippen LogP) is 1.53. The third-order valence-electron chi connectivity index (χ3n) is 2.69. The van der Waals surface area contributed by atoms with Crippen LogP contribution >= 0.6 is 11.6 Å². The first kappa shape index (κ1) is 16.5. The largest absolute Gasteiger partial charge is 0.383 e. The van der Waals surface area contributed by atoms with Crippen LogP contribution in [0.25, 0.3) is 0 Å². The van der Waals surface area contributed by atoms with E-state index in [2.05, 4.69) is 9.97 Å². The number of rotatable bonds is 8. The smallest absolute Gasteiger partial charge is 0.348 e. The first-order valence-electron chi connectivity index (χ1n) is 5.92. The van der Waals surface area contributed by atoms with E-state index in [9.17, 15) is 10.1 Å². The summed E-state index contributed by atoms with van der Waals surface area (Å²) < 4.78 is 10.1. The summed E-state index contributed by atoms with van der Waals surface area (Å²) in [4.78, 5) is 19.9. The normalized spacial score (nSPS) is 12.2. The number of anilines is 1. The molecule has 0 aromatic carbocycles. The Morgan fingerprint density at radius 2 is 2.15 bits per heavy atom. The lowest BCUT2D eigenvalue weighted by atomic mass is 10.2. The molecule has 0 radical (unpaired) electrons. The summed E-state index contributed by atoms with van der Waals surface area (Å²) in [6.45, 7) is 3.09. The molecule has 20 heavy (non-hydrogen) atoms. The van der Waals surface area contributed by atoms with Gasteiger partial charge in [-0.15, -0.1) is 0 Å². The molecule has 0 aliphatic heterocycles. The zero-order valence-corrected chi connectivity index (χ0v) is 12.3. The average Bonchev–Trinajstić information content (AvgIpc) is 2.39. The van der Waals surface area contributed by atoms with Crippen molar-refractivity contribution in [2.24, 2.45) is 0 Å². The fraction of sp³-hybridized carbons (Fsp3) is 0.636. The maximum atomic E-state index is 11.2. The van der Waals surface area contributed by atoms with Gasteiger partial charge < -0.3 is 14.4 Å². The first-order chi connectivity index (χ1) is 9.52. The van der Waals surface area contributed by atoms with Gasteiger partial charge in [-0.2, -0.15) is 0 Å². The number of ether oxygens (including phenoxy) is 2. The fourth-order valence-corrected chi connectivity index (χ4v) is 1.97. The van der Waals surface area contributed by atoms with Crippen molar-refractivity contribution in [2.75, 3.05) is 38.9 Å². The van der Waals surface area contributed by atoms with Crippen LogP contribution in [0.5, 0.6) is 0 Å². The SMILES string of the molecule is COCCN(c1ncnc(Cl)c1[N+](=O)[O-])C(C)COC. The zero-order chi connectivity index (χ0) is 15.1. The summed E-state index contributed by atoms with van der Waals surface area (Å²) in [5, 5.41) is 11.0. The van der Waals surface area contributed by atoms with Gasteiger partial charge in [-0.3, -0.25) is 10.1 Å². The van der Waals surface area contributed by atoms with Gasteiger partial charge in [0.1, 0.15) is 6.33 Å². The molecule has 0 saturated carbocycles. The number of hydrogen-bond donors (Lipinski definition) is 0. The number of methoxy groups -OCH3 is 2. The summed E-state index contributed by atoms with van der Waals surface area (Å²) in [7, 11) is 3.12. The van der Waals surface area contributed by atoms with E-state index in [1.807, 2.05) is 6.92 Å². The highest BCUT2D eigenvalue weighted by Crippen LogP contribution is 2.32. The maximum Gasteiger partial charge on any atom is 0.348 e. The number of hydrogen-bond acceptors (Lipinski definition) is 7. The maximum absolute atomic E-state index is 11.2. The second-order valence-electron chi connectivity index (χ2n) is 4.08. The van der Waals surface area contributed by atoms with E-state index < -0.39 is 4.92 Å². The van der Waals surface area contributed by atoms with E-state index >= 15 is 0 Å². The molecular weight excluding hydrogens is 288 g/mol. The highest BCUT2D eigenvalue weighted by atomic mass is 35.5. The second kappa shape index (κ2) is 7.93. The van der Waals surface area contributed by atoms with Crippen molar-refractivity contribution in [3.63, 3.8) is 0 Å². The molecule has 1 unspecified atom stereocenters. The van der Waals surface area contributed by atoms with Crippen molar-refractivity contribution in [1.29, 1.82) is 0 Å². The molecule has 0 aliphatic rings. The van der Waals surface area contributed by atoms with E-state index in [-0.39, 0.29) is 22.7 Å². The summed E-state index contributed by atoms with van der Waals surface area (Å²) in [5.41, 5.74) is -0.312. The van der Waals surface area contributed by atoms with Crippen LogP contribution in [0.4, 0.5) is 11.5 Å². The quantitative estimate of drug-likeness (QED) is 0.408. The molecule has 1 aromatic heterocycles. The Morgan fingerprint density at radius 3 is 2.70 bits per heavy atom. The molecule has 0 fully saturated rings. The van der Waals surface area contributed by atoms with E-state index in [0.717, 1.165) is 0 Å². The molecule has 1 heterocycles. The summed E-state index contributed by atoms with van der Waals surface area (Å²) in [6, 6.07) is -0.125. The highest BCUT2D eigenvalue weighted by molar-refractivity contribution is 6.31. The van der Waals surface area contributed by atoms with Crippen molar-refractivity contribution < 1.29 is 14.4 Å². The first-order valence-corrected chi connectivity index (χ1v) is 6.30. The average molecular weight is 305 g/mol. The van der Waals surface area contributed by atoms with E-state index in [4.69, 9.17) is 21.1 Å². The molecule has 0 spiro atoms. The molecule has 112 valence electrons. The Bertz CT molecular complexity index is 460. The van der Waals surface area contributed by atoms with Crippen LogP contribution in [0.2, 0.25) is 5.15 Å². The van der Waals surface area contributed by atoms with Gasteiger partial charge in [-0.05, 0) is 6.92 Å². The second-order valence-corrected chi connectivity index (χ2v) is 4.44. The van der Waals surface area contributed by atoms with E-state index in [0.29, 0.717) is 19.8 Å². The van der Waals surface area contributed by atoms with Gasteiger partial charge in [0, 0.05) is 20.8 Å². The Morgan fingerprint density at radius 1 is 1.45 bits per heavy atom. The Labute approximate surface area is 121 Å². The fourth-order valence-electron chi connectivity index (χ4n) is 1.77. The minimum Gasteiger partial charge on any atom is -0.383 e. The van der Waals surface area contributed by atoms with Crippen LogP contribution < -0.4 is 4.90 Å². The van der Waals surface area contributed by atoms with E-state index in [1.54, 1.807) is 19.1 Å². The summed E-state index contributed by atoms with van der Waals surface area (Å²) >= 11 is 5.80. The molecule has 0 aliphatic carbocycles. The minimum atomic E-state index is -0.586. The van der Waals surface area contributed by atoms with Crippen molar-refractivity contribution in [1.82, 2.24) is 9.97 Å². The number of nitrogens with zero attached hydrogens (tertiary/aromatic N) is 4. The third-order valence-corrected chi connectivity index (χ3v) is 2.97. The van der Waals surface area contributed by atoms with Gasteiger partial charge in [0.2, 0.25) is 11.0 Å². The van der Waals surface area contributed by atoms with Gasteiger partial charge in [0.25, 0.3) is 0 Å². The van der Waals surface area contributed by atoms with Crippen LogP contribution in [0, 0.1) is 10.1 Å². The molecule has 0 saturated heterocycles. The topological polar surface area (TPSA) is 90.6 Å². The lowest BCUT2D eigenvalue weighted by molar-refractivity contribution is -0.384. The van der Waals surface area contributed by atoms with Crippen molar-refractivity contribution in [3.05, 3.63) is 21.6 Å². The third kappa shape index (κ3) is 3.99. The molecule has 1 atom stereocenters. The number of aromatic nitrogens is 2. The monoisotopic (exact) mass is 304 g/mol. The Balaban J connectivity index is 3.18. The van der Waals surface area contributed by atoms with Crippen molar-refractivity contribution in [3.8, 4) is 0 Å². The molecule has 0 amide bonds. The lowest BCUT2D eigenvalue weighted by Gasteiger charge is -2.29.